The van der Waals surface area contributed by atoms with Crippen LogP contribution in [0.4, 0.5) is 10.6 Å². The quantitative estimate of drug-likeness (QED) is 0.777. The predicted molar refractivity (Wildman–Crippen MR) is 54.3 cm³/mol. The number of hydrogen-bond acceptors (Lipinski definition) is 5. The number of carbonyl (C=O) groups excluding carboxylic acids is 1. The van der Waals surface area contributed by atoms with Gasteiger partial charge in [0, 0.05) is 24.2 Å². The fourth-order valence-corrected chi connectivity index (χ4v) is 1.17. The highest BCUT2D eigenvalue weighted by atomic mass is 16.4. The lowest BCUT2D eigenvalue weighted by molar-refractivity contribution is -0.242. The minimum atomic E-state index is -1.40. The molecule has 0 bridgehead atoms. The van der Waals surface area contributed by atoms with Crippen LogP contribution in [0.2, 0.25) is 0 Å². The Balaban J connectivity index is 2.33. The number of pyridine rings is 1. The molecule has 0 radical (unpaired) electrons. The molecule has 2 aromatic rings. The van der Waals surface area contributed by atoms with E-state index in [1.54, 1.807) is 24.5 Å². The summed E-state index contributed by atoms with van der Waals surface area (Å²) in [5.41, 5.74) is 0.761. The first-order valence-corrected chi connectivity index (χ1v) is 4.47. The second-order valence-corrected chi connectivity index (χ2v) is 2.91. The summed E-state index contributed by atoms with van der Waals surface area (Å²) in [5.74, 6) is 0.607. The summed E-state index contributed by atoms with van der Waals surface area (Å²) < 4.78 is 0. The van der Waals surface area contributed by atoms with E-state index in [1.165, 1.54) is 12.3 Å². The van der Waals surface area contributed by atoms with Crippen molar-refractivity contribution in [2.45, 2.75) is 0 Å². The molecule has 2 rings (SSSR count). The lowest BCUT2D eigenvalue weighted by Gasteiger charge is -2.06. The molecule has 80 valence electrons. The molecule has 1 N–H and O–H groups in total. The van der Waals surface area contributed by atoms with E-state index >= 15 is 0 Å². The Morgan fingerprint density at radius 2 is 1.94 bits per heavy atom. The Kier molecular flexibility index (Phi) is 2.73. The monoisotopic (exact) mass is 215 g/mol. The van der Waals surface area contributed by atoms with Gasteiger partial charge < -0.3 is 15.2 Å². The van der Waals surface area contributed by atoms with Gasteiger partial charge in [-0.1, -0.05) is 0 Å². The third-order valence-electron chi connectivity index (χ3n) is 1.82. The van der Waals surface area contributed by atoms with Crippen LogP contribution in [0.1, 0.15) is 0 Å². The molecule has 0 fully saturated rings. The maximum atomic E-state index is 10.3. The van der Waals surface area contributed by atoms with Crippen molar-refractivity contribution in [3.05, 3.63) is 36.8 Å². The molecule has 0 saturated heterocycles. The van der Waals surface area contributed by atoms with Crippen LogP contribution in [0.5, 0.6) is 0 Å². The summed E-state index contributed by atoms with van der Waals surface area (Å²) in [7, 11) is 0. The number of aromatic nitrogens is 3. The molecule has 2 heterocycles. The van der Waals surface area contributed by atoms with E-state index < -0.39 is 6.09 Å². The van der Waals surface area contributed by atoms with E-state index in [9.17, 15) is 9.90 Å². The number of nitrogens with one attached hydrogen (secondary N) is 1. The maximum absolute atomic E-state index is 10.3. The molecule has 0 aliphatic carbocycles. The first-order valence-electron chi connectivity index (χ1n) is 4.47. The zero-order valence-electron chi connectivity index (χ0n) is 8.12. The van der Waals surface area contributed by atoms with Gasteiger partial charge in [-0.25, -0.2) is 9.97 Å². The van der Waals surface area contributed by atoms with Crippen molar-refractivity contribution in [1.29, 1.82) is 0 Å². The van der Waals surface area contributed by atoms with E-state index in [4.69, 9.17) is 0 Å². The van der Waals surface area contributed by atoms with E-state index in [1.807, 2.05) is 0 Å². The number of carbonyl (C=O) groups is 1. The minimum absolute atomic E-state index is 0.182. The second-order valence-electron chi connectivity index (χ2n) is 2.91. The standard InChI is InChI=1S/C10H8N4O2/c15-10(16)14-8-3-6-12-9(13-8)7-1-4-11-5-2-7/h1-6H,(H,15,16)(H,12,13,14)/p-1. The average Bonchev–Trinajstić information content (AvgIpc) is 2.30. The Labute approximate surface area is 91.0 Å². The van der Waals surface area contributed by atoms with Gasteiger partial charge in [-0.15, -0.1) is 0 Å². The summed E-state index contributed by atoms with van der Waals surface area (Å²) in [6.07, 6.45) is 3.28. The molecule has 1 amide bonds. The lowest BCUT2D eigenvalue weighted by atomic mass is 10.2. The summed E-state index contributed by atoms with van der Waals surface area (Å²) in [6, 6.07) is 4.91. The highest BCUT2D eigenvalue weighted by Gasteiger charge is 2.01. The molecular weight excluding hydrogens is 208 g/mol. The van der Waals surface area contributed by atoms with Crippen molar-refractivity contribution in [2.24, 2.45) is 0 Å². The first-order chi connectivity index (χ1) is 7.75. The molecule has 0 atom stereocenters. The molecule has 0 saturated carbocycles. The molecular formula is C10H7N4O2-. The molecule has 6 nitrogen and oxygen atoms in total. The summed E-state index contributed by atoms with van der Waals surface area (Å²) in [4.78, 5) is 22.2. The maximum Gasteiger partial charge on any atom is 0.161 e. The molecule has 0 aliphatic heterocycles. The van der Waals surface area contributed by atoms with E-state index in [2.05, 4.69) is 20.3 Å². The van der Waals surface area contributed by atoms with Gasteiger partial charge in [0.2, 0.25) is 0 Å². The van der Waals surface area contributed by atoms with Crippen molar-refractivity contribution in [2.75, 3.05) is 5.32 Å². The number of rotatable bonds is 2. The minimum Gasteiger partial charge on any atom is -0.530 e. The fraction of sp³-hybridized carbons (Fsp3) is 0. The van der Waals surface area contributed by atoms with Crippen molar-refractivity contribution in [1.82, 2.24) is 15.0 Å². The van der Waals surface area contributed by atoms with Gasteiger partial charge in [0.25, 0.3) is 0 Å². The molecule has 6 heteroatoms. The van der Waals surface area contributed by atoms with Gasteiger partial charge in [0.15, 0.2) is 5.82 Å². The van der Waals surface area contributed by atoms with Crippen LogP contribution in [-0.4, -0.2) is 21.0 Å². The smallest absolute Gasteiger partial charge is 0.161 e. The third kappa shape index (κ3) is 2.30. The van der Waals surface area contributed by atoms with Crippen molar-refractivity contribution < 1.29 is 9.90 Å². The Bertz CT molecular complexity index is 501. The number of amides is 1. The van der Waals surface area contributed by atoms with Crippen molar-refractivity contribution in [3.8, 4) is 11.4 Å². The molecule has 2 aromatic heterocycles. The number of anilines is 1. The lowest BCUT2D eigenvalue weighted by Crippen LogP contribution is -2.29. The van der Waals surface area contributed by atoms with Gasteiger partial charge >= 0.3 is 0 Å². The van der Waals surface area contributed by atoms with Gasteiger partial charge in [0.05, 0.1) is 0 Å². The van der Waals surface area contributed by atoms with Gasteiger partial charge in [-0.05, 0) is 18.2 Å². The van der Waals surface area contributed by atoms with E-state index in [0.29, 0.717) is 5.82 Å². The largest absolute Gasteiger partial charge is 0.530 e. The summed E-state index contributed by atoms with van der Waals surface area (Å²) >= 11 is 0. The number of hydrogen-bond donors (Lipinski definition) is 1. The highest BCUT2D eigenvalue weighted by molar-refractivity contribution is 5.79. The normalized spacial score (nSPS) is 9.75. The zero-order chi connectivity index (χ0) is 11.4. The van der Waals surface area contributed by atoms with Crippen molar-refractivity contribution >= 4 is 11.9 Å². The number of carboxylic acid groups (broad SMARTS) is 1. The average molecular weight is 215 g/mol. The van der Waals surface area contributed by atoms with Crippen molar-refractivity contribution in [3.63, 3.8) is 0 Å². The molecule has 0 aliphatic rings. The van der Waals surface area contributed by atoms with Crippen LogP contribution in [0.3, 0.4) is 0 Å². The topological polar surface area (TPSA) is 90.8 Å². The van der Waals surface area contributed by atoms with Gasteiger partial charge in [-0.2, -0.15) is 0 Å². The SMILES string of the molecule is O=C([O-])Nc1ccnc(-c2ccncc2)n1. The van der Waals surface area contributed by atoms with E-state index in [0.717, 1.165) is 5.56 Å². The van der Waals surface area contributed by atoms with Crippen LogP contribution in [0.25, 0.3) is 11.4 Å². The third-order valence-corrected chi connectivity index (χ3v) is 1.82. The van der Waals surface area contributed by atoms with Gasteiger partial charge in [-0.3, -0.25) is 4.98 Å². The first kappa shape index (κ1) is 10.0. The molecule has 0 spiro atoms. The van der Waals surface area contributed by atoms with Crippen LogP contribution in [0.15, 0.2) is 36.8 Å². The second kappa shape index (κ2) is 4.35. The number of nitrogens with zero attached hydrogens (tertiary/aromatic N) is 3. The molecule has 16 heavy (non-hydrogen) atoms. The van der Waals surface area contributed by atoms with Crippen LogP contribution >= 0.6 is 0 Å². The zero-order valence-corrected chi connectivity index (χ0v) is 8.12. The predicted octanol–water partition coefficient (Wildman–Crippen LogP) is 0.294. The van der Waals surface area contributed by atoms with Gasteiger partial charge in [0.1, 0.15) is 11.9 Å². The Morgan fingerprint density at radius 1 is 1.19 bits per heavy atom. The van der Waals surface area contributed by atoms with Crippen LogP contribution in [0, 0.1) is 0 Å². The summed E-state index contributed by atoms with van der Waals surface area (Å²) in [5, 5.41) is 12.4. The Hall–Kier alpha value is -2.50. The van der Waals surface area contributed by atoms with E-state index in [-0.39, 0.29) is 5.82 Å². The van der Waals surface area contributed by atoms with Crippen LogP contribution < -0.4 is 10.4 Å². The highest BCUT2D eigenvalue weighted by Crippen LogP contribution is 2.14. The molecule has 0 unspecified atom stereocenters. The Morgan fingerprint density at radius 3 is 2.62 bits per heavy atom. The summed E-state index contributed by atoms with van der Waals surface area (Å²) in [6.45, 7) is 0. The fourth-order valence-electron chi connectivity index (χ4n) is 1.17. The molecule has 0 aromatic carbocycles. The van der Waals surface area contributed by atoms with Crippen LogP contribution in [-0.2, 0) is 0 Å².